The minimum Gasteiger partial charge on any atom is -0.309 e. The standard InChI is InChI=1S/C53H45N/c1-53(2)46-31-11-8-27-45(46)52-44(30-17-32-47(52)53)42-26-10-13-34-50(42)54(48-35-16-21-36-20-6-7-24-39(36)48)49-33-12-9-25-41(49)43-29-15-23-38-22-14-28-40(51(38)43)37-18-4-3-5-19-37/h6-17,20-35,37H,3-5,18-19H2,1-2H3. The second-order valence-electron chi connectivity index (χ2n) is 15.9. The zero-order chi connectivity index (χ0) is 36.2. The predicted octanol–water partition coefficient (Wildman–Crippen LogP) is 15.2. The molecule has 0 bridgehead atoms. The Balaban J connectivity index is 1.26. The average Bonchev–Trinajstić information content (AvgIpc) is 3.47. The van der Waals surface area contributed by atoms with Gasteiger partial charge in [0, 0.05) is 21.9 Å². The molecule has 10 rings (SSSR count). The van der Waals surface area contributed by atoms with Crippen molar-refractivity contribution in [3.63, 3.8) is 0 Å². The molecule has 0 heterocycles. The molecule has 54 heavy (non-hydrogen) atoms. The molecule has 8 aromatic carbocycles. The van der Waals surface area contributed by atoms with Crippen molar-refractivity contribution < 1.29 is 0 Å². The van der Waals surface area contributed by atoms with Crippen LogP contribution >= 0.6 is 0 Å². The largest absolute Gasteiger partial charge is 0.309 e. The van der Waals surface area contributed by atoms with Gasteiger partial charge >= 0.3 is 0 Å². The fraction of sp³-hybridized carbons (Fsp3) is 0.170. The minimum atomic E-state index is -0.0802. The van der Waals surface area contributed by atoms with Crippen molar-refractivity contribution in [2.45, 2.75) is 57.3 Å². The van der Waals surface area contributed by atoms with Crippen molar-refractivity contribution in [3.8, 4) is 33.4 Å². The summed E-state index contributed by atoms with van der Waals surface area (Å²) < 4.78 is 0. The first-order chi connectivity index (χ1) is 26.6. The van der Waals surface area contributed by atoms with Crippen molar-refractivity contribution in [1.82, 2.24) is 0 Å². The van der Waals surface area contributed by atoms with E-state index in [4.69, 9.17) is 0 Å². The maximum atomic E-state index is 2.56. The zero-order valence-electron chi connectivity index (χ0n) is 31.2. The highest BCUT2D eigenvalue weighted by atomic mass is 15.1. The van der Waals surface area contributed by atoms with Gasteiger partial charge < -0.3 is 4.90 Å². The molecule has 0 unspecified atom stereocenters. The Bertz CT molecular complexity index is 2680. The number of rotatable bonds is 6. The molecule has 1 nitrogen and oxygen atoms in total. The molecule has 1 fully saturated rings. The molecule has 0 aromatic heterocycles. The second kappa shape index (κ2) is 13.2. The average molecular weight is 696 g/mol. The van der Waals surface area contributed by atoms with Crippen LogP contribution in [0.5, 0.6) is 0 Å². The van der Waals surface area contributed by atoms with E-state index in [1.807, 2.05) is 0 Å². The van der Waals surface area contributed by atoms with Crippen LogP contribution in [0.15, 0.2) is 170 Å². The van der Waals surface area contributed by atoms with Gasteiger partial charge in [-0.3, -0.25) is 0 Å². The van der Waals surface area contributed by atoms with Crippen molar-refractivity contribution in [1.29, 1.82) is 0 Å². The molecule has 8 aromatic rings. The molecule has 0 saturated heterocycles. The van der Waals surface area contributed by atoms with Crippen LogP contribution in [-0.4, -0.2) is 0 Å². The lowest BCUT2D eigenvalue weighted by atomic mass is 9.80. The Hall–Kier alpha value is -5.92. The molecule has 0 spiro atoms. The van der Waals surface area contributed by atoms with Gasteiger partial charge in [0.05, 0.1) is 17.1 Å². The Morgan fingerprint density at radius 3 is 1.74 bits per heavy atom. The molecule has 0 radical (unpaired) electrons. The summed E-state index contributed by atoms with van der Waals surface area (Å²) >= 11 is 0. The van der Waals surface area contributed by atoms with Crippen molar-refractivity contribution >= 4 is 38.6 Å². The summed E-state index contributed by atoms with van der Waals surface area (Å²) in [5.41, 5.74) is 15.5. The Labute approximate surface area is 319 Å². The lowest BCUT2D eigenvalue weighted by Gasteiger charge is -2.32. The molecular formula is C53H45N. The van der Waals surface area contributed by atoms with Gasteiger partial charge in [-0.25, -0.2) is 0 Å². The normalized spacial score (nSPS) is 14.9. The third kappa shape index (κ3) is 5.21. The molecule has 1 saturated carbocycles. The predicted molar refractivity (Wildman–Crippen MR) is 230 cm³/mol. The summed E-state index contributed by atoms with van der Waals surface area (Å²) in [6, 6.07) is 63.7. The van der Waals surface area contributed by atoms with Gasteiger partial charge in [-0.2, -0.15) is 0 Å². The molecule has 2 aliphatic rings. The van der Waals surface area contributed by atoms with Gasteiger partial charge in [0.25, 0.3) is 0 Å². The summed E-state index contributed by atoms with van der Waals surface area (Å²) in [6.07, 6.45) is 6.52. The first-order valence-electron chi connectivity index (χ1n) is 19.8. The third-order valence-corrected chi connectivity index (χ3v) is 12.5. The van der Waals surface area contributed by atoms with Crippen LogP contribution in [0.4, 0.5) is 17.1 Å². The Morgan fingerprint density at radius 2 is 0.944 bits per heavy atom. The number of para-hydroxylation sites is 2. The van der Waals surface area contributed by atoms with Gasteiger partial charge in [-0.15, -0.1) is 0 Å². The summed E-state index contributed by atoms with van der Waals surface area (Å²) in [4.78, 5) is 2.56. The van der Waals surface area contributed by atoms with E-state index in [1.165, 1.54) is 121 Å². The fourth-order valence-corrected chi connectivity index (χ4v) is 9.91. The topological polar surface area (TPSA) is 3.24 Å². The zero-order valence-corrected chi connectivity index (χ0v) is 31.2. The molecule has 262 valence electrons. The van der Waals surface area contributed by atoms with Gasteiger partial charge in [-0.05, 0) is 92.1 Å². The Morgan fingerprint density at radius 1 is 0.426 bits per heavy atom. The van der Waals surface area contributed by atoms with E-state index in [0.717, 1.165) is 0 Å². The van der Waals surface area contributed by atoms with E-state index in [0.29, 0.717) is 5.92 Å². The summed E-state index contributed by atoms with van der Waals surface area (Å²) in [6.45, 7) is 4.75. The van der Waals surface area contributed by atoms with Crippen LogP contribution in [0.25, 0.3) is 54.9 Å². The number of hydrogen-bond acceptors (Lipinski definition) is 1. The van der Waals surface area contributed by atoms with E-state index >= 15 is 0 Å². The third-order valence-electron chi connectivity index (χ3n) is 12.5. The lowest BCUT2D eigenvalue weighted by Crippen LogP contribution is -2.15. The van der Waals surface area contributed by atoms with E-state index < -0.39 is 0 Å². The monoisotopic (exact) mass is 695 g/mol. The maximum Gasteiger partial charge on any atom is 0.0540 e. The first kappa shape index (κ1) is 32.7. The first-order valence-corrected chi connectivity index (χ1v) is 19.8. The number of hydrogen-bond donors (Lipinski definition) is 0. The van der Waals surface area contributed by atoms with E-state index in [-0.39, 0.29) is 5.41 Å². The van der Waals surface area contributed by atoms with Crippen LogP contribution in [0.3, 0.4) is 0 Å². The van der Waals surface area contributed by atoms with E-state index in [1.54, 1.807) is 0 Å². The molecule has 2 aliphatic carbocycles. The van der Waals surface area contributed by atoms with Crippen molar-refractivity contribution in [2.24, 2.45) is 0 Å². The van der Waals surface area contributed by atoms with Crippen LogP contribution in [0.2, 0.25) is 0 Å². The quantitative estimate of drug-likeness (QED) is 0.167. The van der Waals surface area contributed by atoms with Crippen LogP contribution in [0.1, 0.15) is 68.6 Å². The molecule has 0 N–H and O–H groups in total. The van der Waals surface area contributed by atoms with Gasteiger partial charge in [-0.1, -0.05) is 185 Å². The number of nitrogens with zero attached hydrogens (tertiary/aromatic N) is 1. The summed E-state index contributed by atoms with van der Waals surface area (Å²) in [5, 5.41) is 5.19. The van der Waals surface area contributed by atoms with E-state index in [9.17, 15) is 0 Å². The molecule has 1 heteroatoms. The summed E-state index contributed by atoms with van der Waals surface area (Å²) in [5.74, 6) is 0.595. The minimum absolute atomic E-state index is 0.0802. The smallest absolute Gasteiger partial charge is 0.0540 e. The SMILES string of the molecule is CC1(C)c2ccccc2-c2c(-c3ccccc3N(c3ccccc3-c3cccc4cccc(C5CCCCC5)c34)c3cccc4ccccc34)cccc21. The number of benzene rings is 8. The second-order valence-corrected chi connectivity index (χ2v) is 15.9. The number of anilines is 3. The van der Waals surface area contributed by atoms with Gasteiger partial charge in [0.1, 0.15) is 0 Å². The Kier molecular flexibility index (Phi) is 7.99. The highest BCUT2D eigenvalue weighted by molar-refractivity contribution is 6.08. The van der Waals surface area contributed by atoms with Crippen LogP contribution in [0, 0.1) is 0 Å². The molecule has 0 aliphatic heterocycles. The van der Waals surface area contributed by atoms with Crippen LogP contribution in [-0.2, 0) is 5.41 Å². The molecule has 0 atom stereocenters. The van der Waals surface area contributed by atoms with Crippen LogP contribution < -0.4 is 4.90 Å². The van der Waals surface area contributed by atoms with Gasteiger partial charge in [0.15, 0.2) is 0 Å². The lowest BCUT2D eigenvalue weighted by molar-refractivity contribution is 0.445. The maximum absolute atomic E-state index is 2.56. The van der Waals surface area contributed by atoms with Crippen molar-refractivity contribution in [2.75, 3.05) is 4.90 Å². The number of fused-ring (bicyclic) bond motifs is 5. The highest BCUT2D eigenvalue weighted by Gasteiger charge is 2.37. The van der Waals surface area contributed by atoms with Crippen molar-refractivity contribution in [3.05, 3.63) is 187 Å². The molecular weight excluding hydrogens is 651 g/mol. The highest BCUT2D eigenvalue weighted by Crippen LogP contribution is 2.55. The fourth-order valence-electron chi connectivity index (χ4n) is 9.91. The van der Waals surface area contributed by atoms with Gasteiger partial charge in [0.2, 0.25) is 0 Å². The summed E-state index contributed by atoms with van der Waals surface area (Å²) in [7, 11) is 0. The molecule has 0 amide bonds. The van der Waals surface area contributed by atoms with E-state index in [2.05, 4.69) is 189 Å².